The number of anilines is 1. The molecule has 0 radical (unpaired) electrons. The SMILES string of the molecule is CS(=O)(=O)c1cccc(OC2CCN(c3ccnc4ccc(-c5cn(C(c6ccccc6)(c6ccccc6)c6ccccc6)nc5C(F)(F)F)cc34)CC2)c1. The lowest BCUT2D eigenvalue weighted by Crippen LogP contribution is -2.38. The number of benzene rings is 5. The van der Waals surface area contributed by atoms with Crippen molar-refractivity contribution in [2.75, 3.05) is 24.2 Å². The summed E-state index contributed by atoms with van der Waals surface area (Å²) in [6.07, 6.45) is 0.841. The number of alkyl halides is 3. The second-order valence-corrected chi connectivity index (χ2v) is 15.8. The van der Waals surface area contributed by atoms with Crippen molar-refractivity contribution in [3.8, 4) is 16.9 Å². The minimum absolute atomic E-state index is 0.0418. The molecule has 2 aromatic heterocycles. The van der Waals surface area contributed by atoms with Crippen molar-refractivity contribution in [1.82, 2.24) is 14.8 Å². The van der Waals surface area contributed by atoms with Crippen LogP contribution in [-0.4, -0.2) is 48.6 Å². The molecule has 7 aromatic rings. The topological polar surface area (TPSA) is 77.3 Å². The summed E-state index contributed by atoms with van der Waals surface area (Å²) in [5, 5.41) is 5.16. The zero-order valence-electron chi connectivity index (χ0n) is 29.9. The van der Waals surface area contributed by atoms with Crippen LogP contribution in [0.15, 0.2) is 157 Å². The van der Waals surface area contributed by atoms with Crippen LogP contribution in [0.25, 0.3) is 22.0 Å². The van der Waals surface area contributed by atoms with Crippen molar-refractivity contribution in [2.24, 2.45) is 0 Å². The fourth-order valence-electron chi connectivity index (χ4n) is 7.66. The zero-order chi connectivity index (χ0) is 38.2. The molecule has 5 aromatic carbocycles. The van der Waals surface area contributed by atoms with Crippen LogP contribution in [0.2, 0.25) is 0 Å². The number of piperidine rings is 1. The Morgan fingerprint density at radius 3 is 1.89 bits per heavy atom. The number of rotatable bonds is 9. The lowest BCUT2D eigenvalue weighted by atomic mass is 9.77. The maximum Gasteiger partial charge on any atom is 0.435 e. The quantitative estimate of drug-likeness (QED) is 0.137. The molecule has 0 unspecified atom stereocenters. The van der Waals surface area contributed by atoms with Crippen molar-refractivity contribution in [1.29, 1.82) is 0 Å². The van der Waals surface area contributed by atoms with Crippen molar-refractivity contribution in [3.05, 3.63) is 174 Å². The van der Waals surface area contributed by atoms with E-state index in [-0.39, 0.29) is 16.6 Å². The average Bonchev–Trinajstić information content (AvgIpc) is 3.66. The van der Waals surface area contributed by atoms with Gasteiger partial charge in [0.2, 0.25) is 0 Å². The molecule has 0 spiro atoms. The number of nitrogens with zero attached hydrogens (tertiary/aromatic N) is 4. The standard InChI is InChI=1S/C44H37F3N4O3S/c1-55(52,53)37-19-11-18-36(29-37)54-35-23-26-50(27-24-35)41-22-25-48-40-21-20-31(28-38(40)41)39-30-51(49-42(39)44(45,46)47)43(32-12-5-2-6-13-32,33-14-7-3-8-15-33)34-16-9-4-10-17-34/h2-22,25,28-30,35H,23-24,26-27H2,1H3. The van der Waals surface area contributed by atoms with Gasteiger partial charge in [0.1, 0.15) is 17.4 Å². The first kappa shape index (κ1) is 36.1. The molecule has 0 aliphatic carbocycles. The summed E-state index contributed by atoms with van der Waals surface area (Å²) in [5.41, 5.74) is 1.91. The highest BCUT2D eigenvalue weighted by Crippen LogP contribution is 2.45. The Balaban J connectivity index is 1.19. The number of pyridine rings is 1. The van der Waals surface area contributed by atoms with Gasteiger partial charge in [0.25, 0.3) is 0 Å². The molecule has 278 valence electrons. The van der Waals surface area contributed by atoms with Gasteiger partial charge in [-0.15, -0.1) is 0 Å². The van der Waals surface area contributed by atoms with Crippen LogP contribution in [0.4, 0.5) is 18.9 Å². The summed E-state index contributed by atoms with van der Waals surface area (Å²) < 4.78 is 77.3. The Morgan fingerprint density at radius 1 is 0.727 bits per heavy atom. The third-order valence-corrected chi connectivity index (χ3v) is 11.4. The van der Waals surface area contributed by atoms with E-state index in [1.807, 2.05) is 97.1 Å². The number of hydrogen-bond acceptors (Lipinski definition) is 6. The van der Waals surface area contributed by atoms with Crippen LogP contribution in [0.1, 0.15) is 35.2 Å². The first-order valence-electron chi connectivity index (χ1n) is 18.0. The predicted octanol–water partition coefficient (Wildman–Crippen LogP) is 9.41. The predicted molar refractivity (Wildman–Crippen MR) is 208 cm³/mol. The molecule has 0 saturated carbocycles. The van der Waals surface area contributed by atoms with Gasteiger partial charge in [-0.25, -0.2) is 8.42 Å². The van der Waals surface area contributed by atoms with Gasteiger partial charge in [-0.2, -0.15) is 18.3 Å². The summed E-state index contributed by atoms with van der Waals surface area (Å²) in [4.78, 5) is 6.96. The zero-order valence-corrected chi connectivity index (χ0v) is 30.7. The van der Waals surface area contributed by atoms with Gasteiger partial charge in [0.15, 0.2) is 15.5 Å². The highest BCUT2D eigenvalue weighted by atomic mass is 32.2. The fourth-order valence-corrected chi connectivity index (χ4v) is 8.32. The fraction of sp³-hybridized carbons (Fsp3) is 0.182. The Hall–Kier alpha value is -5.94. The van der Waals surface area contributed by atoms with Gasteiger partial charge in [-0.05, 0) is 58.7 Å². The molecule has 1 saturated heterocycles. The molecular weight excluding hydrogens is 722 g/mol. The molecule has 0 bridgehead atoms. The van der Waals surface area contributed by atoms with Gasteiger partial charge >= 0.3 is 6.18 Å². The molecular formula is C44H37F3N4O3S. The number of hydrogen-bond donors (Lipinski definition) is 0. The van der Waals surface area contributed by atoms with E-state index in [2.05, 4.69) is 15.0 Å². The van der Waals surface area contributed by atoms with E-state index in [0.29, 0.717) is 42.8 Å². The average molecular weight is 759 g/mol. The number of sulfone groups is 1. The number of fused-ring (bicyclic) bond motifs is 1. The van der Waals surface area contributed by atoms with Crippen LogP contribution >= 0.6 is 0 Å². The molecule has 3 heterocycles. The van der Waals surface area contributed by atoms with Crippen molar-refractivity contribution in [3.63, 3.8) is 0 Å². The summed E-state index contributed by atoms with van der Waals surface area (Å²) in [5.74, 6) is 0.497. The van der Waals surface area contributed by atoms with Crippen LogP contribution < -0.4 is 9.64 Å². The Labute approximate surface area is 317 Å². The molecule has 1 aliphatic heterocycles. The molecule has 1 aliphatic rings. The second kappa shape index (κ2) is 14.4. The molecule has 8 rings (SSSR count). The molecule has 0 amide bonds. The minimum atomic E-state index is -4.76. The second-order valence-electron chi connectivity index (χ2n) is 13.8. The summed E-state index contributed by atoms with van der Waals surface area (Å²) in [6.45, 7) is 1.25. The van der Waals surface area contributed by atoms with E-state index in [9.17, 15) is 8.42 Å². The largest absolute Gasteiger partial charge is 0.490 e. The Kier molecular flexibility index (Phi) is 9.42. The minimum Gasteiger partial charge on any atom is -0.490 e. The molecule has 7 nitrogen and oxygen atoms in total. The van der Waals surface area contributed by atoms with Gasteiger partial charge < -0.3 is 9.64 Å². The summed E-state index contributed by atoms with van der Waals surface area (Å²) in [6, 6.07) is 42.1. The number of aromatic nitrogens is 3. The van der Waals surface area contributed by atoms with Crippen molar-refractivity contribution < 1.29 is 26.3 Å². The first-order chi connectivity index (χ1) is 26.5. The molecule has 55 heavy (non-hydrogen) atoms. The molecule has 1 fully saturated rings. The summed E-state index contributed by atoms with van der Waals surface area (Å²) in [7, 11) is -3.37. The Bertz CT molecular complexity index is 2460. The van der Waals surface area contributed by atoms with Gasteiger partial charge in [-0.3, -0.25) is 9.67 Å². The summed E-state index contributed by atoms with van der Waals surface area (Å²) >= 11 is 0. The highest BCUT2D eigenvalue weighted by Gasteiger charge is 2.44. The van der Waals surface area contributed by atoms with E-state index in [4.69, 9.17) is 4.74 Å². The molecule has 11 heteroatoms. The van der Waals surface area contributed by atoms with Gasteiger partial charge in [0.05, 0.1) is 10.4 Å². The maximum atomic E-state index is 15.2. The number of halogens is 3. The van der Waals surface area contributed by atoms with E-state index >= 15 is 13.2 Å². The third kappa shape index (κ3) is 6.96. The van der Waals surface area contributed by atoms with E-state index in [1.165, 1.54) is 17.1 Å². The van der Waals surface area contributed by atoms with E-state index < -0.39 is 27.2 Å². The van der Waals surface area contributed by atoms with Crippen LogP contribution in [0.5, 0.6) is 5.75 Å². The van der Waals surface area contributed by atoms with Crippen LogP contribution in [0.3, 0.4) is 0 Å². The lowest BCUT2D eigenvalue weighted by molar-refractivity contribution is -0.141. The van der Waals surface area contributed by atoms with E-state index in [0.717, 1.165) is 27.8 Å². The van der Waals surface area contributed by atoms with Crippen molar-refractivity contribution in [2.45, 2.75) is 35.6 Å². The smallest absolute Gasteiger partial charge is 0.435 e. The van der Waals surface area contributed by atoms with Gasteiger partial charge in [-0.1, -0.05) is 103 Å². The Morgan fingerprint density at radius 2 is 1.33 bits per heavy atom. The number of ether oxygens (including phenoxy) is 1. The van der Waals surface area contributed by atoms with Gasteiger partial charge in [0, 0.05) is 61.2 Å². The normalized spacial score (nSPS) is 14.3. The highest BCUT2D eigenvalue weighted by molar-refractivity contribution is 7.90. The first-order valence-corrected chi connectivity index (χ1v) is 19.9. The van der Waals surface area contributed by atoms with Crippen molar-refractivity contribution >= 4 is 26.4 Å². The lowest BCUT2D eigenvalue weighted by Gasteiger charge is -2.36. The monoisotopic (exact) mass is 758 g/mol. The van der Waals surface area contributed by atoms with Crippen LogP contribution in [-0.2, 0) is 21.6 Å². The van der Waals surface area contributed by atoms with E-state index in [1.54, 1.807) is 48.7 Å². The van der Waals surface area contributed by atoms with Crippen LogP contribution in [0, 0.1) is 0 Å². The molecule has 0 N–H and O–H groups in total. The molecule has 0 atom stereocenters. The maximum absolute atomic E-state index is 15.2. The third-order valence-electron chi connectivity index (χ3n) is 10.2.